The maximum absolute atomic E-state index is 12.4. The molecule has 0 aliphatic heterocycles. The van der Waals surface area contributed by atoms with Gasteiger partial charge in [0.15, 0.2) is 5.65 Å². The molecular formula is C21H26N4O. The van der Waals surface area contributed by atoms with Crippen LogP contribution in [-0.2, 0) is 6.42 Å². The van der Waals surface area contributed by atoms with Crippen molar-refractivity contribution in [3.05, 3.63) is 64.1 Å². The second-order valence-corrected chi connectivity index (χ2v) is 6.83. The van der Waals surface area contributed by atoms with Gasteiger partial charge in [-0.2, -0.15) is 5.10 Å². The molecule has 1 aromatic carbocycles. The number of nitrogens with one attached hydrogen (secondary N) is 1. The predicted molar refractivity (Wildman–Crippen MR) is 104 cm³/mol. The van der Waals surface area contributed by atoms with E-state index < -0.39 is 0 Å². The summed E-state index contributed by atoms with van der Waals surface area (Å²) in [5.74, 6) is -0.106. The third kappa shape index (κ3) is 3.62. The molecule has 0 spiro atoms. The van der Waals surface area contributed by atoms with Crippen LogP contribution in [0.2, 0.25) is 0 Å². The monoisotopic (exact) mass is 350 g/mol. The van der Waals surface area contributed by atoms with Crippen LogP contribution in [0.4, 0.5) is 0 Å². The minimum atomic E-state index is -0.106. The van der Waals surface area contributed by atoms with Crippen LogP contribution in [0.25, 0.3) is 5.65 Å². The Balaban J connectivity index is 1.93. The normalized spacial score (nSPS) is 11.1. The molecule has 1 amide bonds. The molecule has 1 N–H and O–H groups in total. The molecule has 0 radical (unpaired) electrons. The molecule has 0 fully saturated rings. The molecule has 136 valence electrons. The minimum Gasteiger partial charge on any atom is -0.352 e. The van der Waals surface area contributed by atoms with Gasteiger partial charge in [0, 0.05) is 24.4 Å². The number of carbonyl (C=O) groups excluding carboxylic acids is 1. The van der Waals surface area contributed by atoms with Crippen molar-refractivity contribution < 1.29 is 4.79 Å². The Morgan fingerprint density at radius 1 is 1.15 bits per heavy atom. The molecule has 0 aliphatic rings. The molecule has 5 nitrogen and oxygen atoms in total. The van der Waals surface area contributed by atoms with Gasteiger partial charge in [-0.3, -0.25) is 4.79 Å². The first-order valence-corrected chi connectivity index (χ1v) is 9.18. The smallest absolute Gasteiger partial charge is 0.256 e. The van der Waals surface area contributed by atoms with Crippen LogP contribution in [0.5, 0.6) is 0 Å². The van der Waals surface area contributed by atoms with Crippen molar-refractivity contribution in [3.63, 3.8) is 0 Å². The fourth-order valence-corrected chi connectivity index (χ4v) is 3.11. The van der Waals surface area contributed by atoms with E-state index in [1.807, 2.05) is 13.8 Å². The molecular weight excluding hydrogens is 324 g/mol. The second kappa shape index (κ2) is 7.68. The van der Waals surface area contributed by atoms with E-state index in [0.717, 1.165) is 36.2 Å². The Morgan fingerprint density at radius 2 is 1.88 bits per heavy atom. The summed E-state index contributed by atoms with van der Waals surface area (Å²) in [4.78, 5) is 17.1. The van der Waals surface area contributed by atoms with Gasteiger partial charge in [-0.25, -0.2) is 9.50 Å². The highest BCUT2D eigenvalue weighted by atomic mass is 16.1. The molecule has 3 aromatic rings. The largest absolute Gasteiger partial charge is 0.352 e. The van der Waals surface area contributed by atoms with E-state index in [2.05, 4.69) is 48.5 Å². The first-order chi connectivity index (χ1) is 12.5. The number of rotatable bonds is 6. The first kappa shape index (κ1) is 18.1. The topological polar surface area (TPSA) is 59.3 Å². The molecule has 0 saturated heterocycles. The van der Waals surface area contributed by atoms with Gasteiger partial charge in [-0.15, -0.1) is 0 Å². The van der Waals surface area contributed by atoms with Crippen LogP contribution >= 0.6 is 0 Å². The Bertz CT molecular complexity index is 925. The van der Waals surface area contributed by atoms with E-state index in [-0.39, 0.29) is 5.91 Å². The van der Waals surface area contributed by atoms with Crippen molar-refractivity contribution in [1.29, 1.82) is 0 Å². The molecule has 2 heterocycles. The predicted octanol–water partition coefficient (Wildman–Crippen LogP) is 3.78. The summed E-state index contributed by atoms with van der Waals surface area (Å²) in [6.45, 7) is 8.91. The first-order valence-electron chi connectivity index (χ1n) is 9.18. The van der Waals surface area contributed by atoms with Crippen LogP contribution in [0.15, 0.2) is 30.5 Å². The van der Waals surface area contributed by atoms with Gasteiger partial charge in [0.2, 0.25) is 0 Å². The summed E-state index contributed by atoms with van der Waals surface area (Å²) in [6.07, 6.45) is 4.44. The van der Waals surface area contributed by atoms with E-state index in [1.165, 1.54) is 11.1 Å². The van der Waals surface area contributed by atoms with Gasteiger partial charge >= 0.3 is 0 Å². The van der Waals surface area contributed by atoms with Crippen LogP contribution in [-0.4, -0.2) is 27.0 Å². The number of aryl methyl sites for hydroxylation is 3. The highest BCUT2D eigenvalue weighted by molar-refractivity contribution is 5.99. The highest BCUT2D eigenvalue weighted by Crippen LogP contribution is 2.20. The molecule has 0 aliphatic carbocycles. The zero-order valence-corrected chi connectivity index (χ0v) is 16.0. The summed E-state index contributed by atoms with van der Waals surface area (Å²) in [7, 11) is 0. The van der Waals surface area contributed by atoms with Gasteiger partial charge in [-0.05, 0) is 38.3 Å². The van der Waals surface area contributed by atoms with E-state index in [9.17, 15) is 4.79 Å². The second-order valence-electron chi connectivity index (χ2n) is 6.83. The number of unbranched alkanes of at least 4 members (excludes halogenated alkanes) is 1. The maximum atomic E-state index is 12.4. The van der Waals surface area contributed by atoms with Crippen molar-refractivity contribution in [2.45, 2.75) is 47.0 Å². The molecule has 5 heteroatoms. The SMILES string of the molecule is CCCCNC(=O)c1cnn2c(C)c(Cc3ccc(C)cc3)c(C)nc12. The number of nitrogens with zero attached hydrogens (tertiary/aromatic N) is 3. The van der Waals surface area contributed by atoms with Gasteiger partial charge < -0.3 is 5.32 Å². The summed E-state index contributed by atoms with van der Waals surface area (Å²) in [5, 5.41) is 7.36. The Kier molecular flexibility index (Phi) is 5.35. The van der Waals surface area contributed by atoms with E-state index in [0.29, 0.717) is 17.8 Å². The quantitative estimate of drug-likeness (QED) is 0.688. The van der Waals surface area contributed by atoms with Crippen molar-refractivity contribution in [3.8, 4) is 0 Å². The number of hydrogen-bond acceptors (Lipinski definition) is 3. The Morgan fingerprint density at radius 3 is 2.58 bits per heavy atom. The lowest BCUT2D eigenvalue weighted by Crippen LogP contribution is -2.24. The zero-order chi connectivity index (χ0) is 18.7. The summed E-state index contributed by atoms with van der Waals surface area (Å²) in [5.41, 5.74) is 6.78. The fourth-order valence-electron chi connectivity index (χ4n) is 3.11. The lowest BCUT2D eigenvalue weighted by molar-refractivity contribution is 0.0954. The zero-order valence-electron chi connectivity index (χ0n) is 16.0. The summed E-state index contributed by atoms with van der Waals surface area (Å²) in [6, 6.07) is 8.54. The van der Waals surface area contributed by atoms with Crippen LogP contribution in [0.1, 0.15) is 58.2 Å². The molecule has 2 aromatic heterocycles. The van der Waals surface area contributed by atoms with Crippen LogP contribution < -0.4 is 5.32 Å². The number of benzene rings is 1. The number of hydrogen-bond donors (Lipinski definition) is 1. The standard InChI is InChI=1S/C21H26N4O/c1-5-6-11-22-21(26)19-13-23-25-16(4)18(15(3)24-20(19)25)12-17-9-7-14(2)8-10-17/h7-10,13H,5-6,11-12H2,1-4H3,(H,22,26). The number of fused-ring (bicyclic) bond motifs is 1. The highest BCUT2D eigenvalue weighted by Gasteiger charge is 2.18. The molecule has 0 atom stereocenters. The summed E-state index contributed by atoms with van der Waals surface area (Å²) < 4.78 is 1.78. The van der Waals surface area contributed by atoms with Crippen molar-refractivity contribution >= 4 is 11.6 Å². The van der Waals surface area contributed by atoms with E-state index in [1.54, 1.807) is 10.7 Å². The third-order valence-electron chi connectivity index (χ3n) is 4.77. The summed E-state index contributed by atoms with van der Waals surface area (Å²) >= 11 is 0. The van der Waals surface area contributed by atoms with Gasteiger partial charge in [0.05, 0.1) is 6.20 Å². The average molecular weight is 350 g/mol. The van der Waals surface area contributed by atoms with Crippen LogP contribution in [0.3, 0.4) is 0 Å². The molecule has 0 bridgehead atoms. The van der Waals surface area contributed by atoms with Gasteiger partial charge in [-0.1, -0.05) is 43.2 Å². The van der Waals surface area contributed by atoms with Crippen LogP contribution in [0, 0.1) is 20.8 Å². The van der Waals surface area contributed by atoms with Crippen molar-refractivity contribution in [2.24, 2.45) is 0 Å². The number of carbonyl (C=O) groups is 1. The lowest BCUT2D eigenvalue weighted by atomic mass is 10.0. The number of aromatic nitrogens is 3. The Labute approximate surface area is 154 Å². The van der Waals surface area contributed by atoms with Crippen molar-refractivity contribution in [1.82, 2.24) is 19.9 Å². The molecule has 0 saturated carbocycles. The molecule has 0 unspecified atom stereocenters. The van der Waals surface area contributed by atoms with Crippen molar-refractivity contribution in [2.75, 3.05) is 6.54 Å². The van der Waals surface area contributed by atoms with E-state index >= 15 is 0 Å². The molecule has 3 rings (SSSR count). The minimum absolute atomic E-state index is 0.106. The average Bonchev–Trinajstić information content (AvgIpc) is 3.04. The number of amides is 1. The Hall–Kier alpha value is -2.69. The van der Waals surface area contributed by atoms with E-state index in [4.69, 9.17) is 4.98 Å². The molecule has 26 heavy (non-hydrogen) atoms. The van der Waals surface area contributed by atoms with Gasteiger partial charge in [0.1, 0.15) is 5.56 Å². The third-order valence-corrected chi connectivity index (χ3v) is 4.77. The van der Waals surface area contributed by atoms with Gasteiger partial charge in [0.25, 0.3) is 5.91 Å². The fraction of sp³-hybridized carbons (Fsp3) is 0.381. The lowest BCUT2D eigenvalue weighted by Gasteiger charge is -2.12. The maximum Gasteiger partial charge on any atom is 0.256 e.